The van der Waals surface area contributed by atoms with E-state index in [1.54, 1.807) is 0 Å². The lowest BCUT2D eigenvalue weighted by Gasteiger charge is -2.41. The first kappa shape index (κ1) is 13.4. The second kappa shape index (κ2) is 6.21. The van der Waals surface area contributed by atoms with Crippen molar-refractivity contribution in [2.75, 3.05) is 26.2 Å². The smallest absolute Gasteiger partial charge is 0.119 e. The van der Waals surface area contributed by atoms with Crippen molar-refractivity contribution < 1.29 is 4.74 Å². The zero-order valence-electron chi connectivity index (χ0n) is 11.6. The summed E-state index contributed by atoms with van der Waals surface area (Å²) in [5.41, 5.74) is 1.37. The highest BCUT2D eigenvalue weighted by atomic mass is 16.5. The molecule has 1 saturated heterocycles. The van der Waals surface area contributed by atoms with E-state index in [2.05, 4.69) is 48.3 Å². The van der Waals surface area contributed by atoms with Crippen LogP contribution in [0, 0.1) is 0 Å². The fourth-order valence-corrected chi connectivity index (χ4v) is 2.56. The van der Waals surface area contributed by atoms with Crippen molar-refractivity contribution in [1.29, 1.82) is 0 Å². The second-order valence-corrected chi connectivity index (χ2v) is 4.82. The molecule has 1 N–H and O–H groups in total. The molecule has 1 fully saturated rings. The molecule has 0 aliphatic carbocycles. The first-order valence-electron chi connectivity index (χ1n) is 6.95. The van der Waals surface area contributed by atoms with Gasteiger partial charge in [-0.2, -0.15) is 0 Å². The maximum absolute atomic E-state index is 5.48. The Hall–Kier alpha value is -1.06. The lowest BCUT2D eigenvalue weighted by molar-refractivity contribution is 0.110. The van der Waals surface area contributed by atoms with Crippen LogP contribution in [0.1, 0.15) is 32.4 Å². The molecule has 0 saturated carbocycles. The van der Waals surface area contributed by atoms with Crippen molar-refractivity contribution in [1.82, 2.24) is 10.2 Å². The summed E-state index contributed by atoms with van der Waals surface area (Å²) in [6.07, 6.45) is 0. The maximum atomic E-state index is 5.48. The number of hydrogen-bond donors (Lipinski definition) is 1. The van der Waals surface area contributed by atoms with Crippen LogP contribution in [0.15, 0.2) is 24.3 Å². The predicted octanol–water partition coefficient (Wildman–Crippen LogP) is 2.44. The van der Waals surface area contributed by atoms with E-state index in [-0.39, 0.29) is 0 Å². The third-order valence-corrected chi connectivity index (χ3v) is 3.77. The van der Waals surface area contributed by atoms with Crippen LogP contribution in [-0.4, -0.2) is 37.2 Å². The Balaban J connectivity index is 2.04. The Bertz CT molecular complexity index is 359. The number of likely N-dealkylation sites (N-methyl/N-ethyl adjacent to an activating group) is 1. The summed E-state index contributed by atoms with van der Waals surface area (Å²) in [6, 6.07) is 9.67. The monoisotopic (exact) mass is 248 g/mol. The van der Waals surface area contributed by atoms with Crippen molar-refractivity contribution >= 4 is 0 Å². The molecule has 0 bridgehead atoms. The highest BCUT2D eigenvalue weighted by molar-refractivity contribution is 5.29. The van der Waals surface area contributed by atoms with E-state index in [1.165, 1.54) is 5.56 Å². The van der Waals surface area contributed by atoms with Gasteiger partial charge in [0, 0.05) is 25.2 Å². The van der Waals surface area contributed by atoms with Crippen LogP contribution in [0.5, 0.6) is 5.75 Å². The number of rotatable bonds is 6. The Morgan fingerprint density at radius 1 is 1.28 bits per heavy atom. The Morgan fingerprint density at radius 3 is 2.39 bits per heavy atom. The van der Waals surface area contributed by atoms with Crippen molar-refractivity contribution in [3.8, 4) is 5.75 Å². The largest absolute Gasteiger partial charge is 0.494 e. The van der Waals surface area contributed by atoms with E-state index in [1.807, 2.05) is 6.92 Å². The first-order valence-corrected chi connectivity index (χ1v) is 6.95. The van der Waals surface area contributed by atoms with Gasteiger partial charge < -0.3 is 10.1 Å². The average Bonchev–Trinajstić information content (AvgIpc) is 2.34. The third-order valence-electron chi connectivity index (χ3n) is 3.77. The molecule has 2 rings (SSSR count). The second-order valence-electron chi connectivity index (χ2n) is 4.82. The molecule has 0 amide bonds. The van der Waals surface area contributed by atoms with Crippen LogP contribution < -0.4 is 10.1 Å². The fraction of sp³-hybridized carbons (Fsp3) is 0.600. The van der Waals surface area contributed by atoms with Gasteiger partial charge in [0.1, 0.15) is 5.75 Å². The van der Waals surface area contributed by atoms with Gasteiger partial charge >= 0.3 is 0 Å². The van der Waals surface area contributed by atoms with Crippen molar-refractivity contribution in [2.45, 2.75) is 32.9 Å². The number of nitrogens with zero attached hydrogens (tertiary/aromatic N) is 1. The molecule has 3 heteroatoms. The molecular formula is C15H24N2O. The normalized spacial score (nSPS) is 17.6. The van der Waals surface area contributed by atoms with Gasteiger partial charge in [0.2, 0.25) is 0 Å². The highest BCUT2D eigenvalue weighted by Gasteiger charge is 2.27. The van der Waals surface area contributed by atoms with Gasteiger partial charge in [-0.05, 0) is 38.1 Å². The average molecular weight is 248 g/mol. The summed E-state index contributed by atoms with van der Waals surface area (Å²) in [4.78, 5) is 2.56. The molecule has 1 aromatic carbocycles. The lowest BCUT2D eigenvalue weighted by Crippen LogP contribution is -2.57. The summed E-state index contributed by atoms with van der Waals surface area (Å²) >= 11 is 0. The third kappa shape index (κ3) is 2.85. The topological polar surface area (TPSA) is 24.5 Å². The van der Waals surface area contributed by atoms with E-state index < -0.39 is 0 Å². The van der Waals surface area contributed by atoms with Gasteiger partial charge in [0.25, 0.3) is 0 Å². The SMILES string of the molecule is CCOc1ccc(C(C)N(CC)C2CNC2)cc1. The molecule has 1 aromatic rings. The first-order chi connectivity index (χ1) is 8.76. The molecular weight excluding hydrogens is 224 g/mol. The van der Waals surface area contributed by atoms with Gasteiger partial charge in [-0.1, -0.05) is 19.1 Å². The van der Waals surface area contributed by atoms with Crippen LogP contribution in [0.4, 0.5) is 0 Å². The Morgan fingerprint density at radius 2 is 1.94 bits per heavy atom. The van der Waals surface area contributed by atoms with Gasteiger partial charge in [0.15, 0.2) is 0 Å². The van der Waals surface area contributed by atoms with E-state index in [9.17, 15) is 0 Å². The zero-order valence-corrected chi connectivity index (χ0v) is 11.6. The van der Waals surface area contributed by atoms with Crippen molar-refractivity contribution in [3.63, 3.8) is 0 Å². The summed E-state index contributed by atoms with van der Waals surface area (Å²) in [5, 5.41) is 3.35. The quantitative estimate of drug-likeness (QED) is 0.837. The summed E-state index contributed by atoms with van der Waals surface area (Å²) in [5.74, 6) is 0.960. The standard InChI is InChI=1S/C15H24N2O/c1-4-17(14-10-16-11-14)12(3)13-6-8-15(9-7-13)18-5-2/h6-9,12,14,16H,4-5,10-11H2,1-3H3. The maximum Gasteiger partial charge on any atom is 0.119 e. The van der Waals surface area contributed by atoms with Crippen LogP contribution in [-0.2, 0) is 0 Å². The van der Waals surface area contributed by atoms with E-state index in [0.717, 1.165) is 32.0 Å². The van der Waals surface area contributed by atoms with E-state index >= 15 is 0 Å². The van der Waals surface area contributed by atoms with Crippen LogP contribution in [0.25, 0.3) is 0 Å². The molecule has 3 nitrogen and oxygen atoms in total. The molecule has 0 aromatic heterocycles. The predicted molar refractivity (Wildman–Crippen MR) is 75.1 cm³/mol. The van der Waals surface area contributed by atoms with Gasteiger partial charge in [-0.15, -0.1) is 0 Å². The molecule has 1 aliphatic heterocycles. The summed E-state index contributed by atoms with van der Waals surface area (Å²) in [6.45, 7) is 10.6. The van der Waals surface area contributed by atoms with Crippen LogP contribution in [0.3, 0.4) is 0 Å². The fourth-order valence-electron chi connectivity index (χ4n) is 2.56. The molecule has 1 aliphatic rings. The molecule has 1 unspecified atom stereocenters. The Labute approximate surface area is 110 Å². The van der Waals surface area contributed by atoms with E-state index in [4.69, 9.17) is 4.74 Å². The minimum absolute atomic E-state index is 0.470. The minimum atomic E-state index is 0.470. The number of ether oxygens (including phenoxy) is 1. The molecule has 1 heterocycles. The van der Waals surface area contributed by atoms with Crippen LogP contribution in [0.2, 0.25) is 0 Å². The molecule has 1 atom stereocenters. The number of hydrogen-bond acceptors (Lipinski definition) is 3. The lowest BCUT2D eigenvalue weighted by atomic mass is 10.0. The Kier molecular flexibility index (Phi) is 4.61. The molecule has 0 spiro atoms. The number of benzene rings is 1. The van der Waals surface area contributed by atoms with Crippen molar-refractivity contribution in [2.24, 2.45) is 0 Å². The van der Waals surface area contributed by atoms with E-state index in [0.29, 0.717) is 12.1 Å². The van der Waals surface area contributed by atoms with Gasteiger partial charge in [-0.25, -0.2) is 0 Å². The van der Waals surface area contributed by atoms with Gasteiger partial charge in [0.05, 0.1) is 6.61 Å². The minimum Gasteiger partial charge on any atom is -0.494 e. The highest BCUT2D eigenvalue weighted by Crippen LogP contribution is 2.25. The molecule has 100 valence electrons. The summed E-state index contributed by atoms with van der Waals surface area (Å²) < 4.78 is 5.48. The zero-order chi connectivity index (χ0) is 13.0. The molecule has 18 heavy (non-hydrogen) atoms. The van der Waals surface area contributed by atoms with Crippen molar-refractivity contribution in [3.05, 3.63) is 29.8 Å². The molecule has 0 radical (unpaired) electrons. The summed E-state index contributed by atoms with van der Waals surface area (Å²) in [7, 11) is 0. The van der Waals surface area contributed by atoms with Gasteiger partial charge in [-0.3, -0.25) is 4.90 Å². The number of nitrogens with one attached hydrogen (secondary N) is 1. The van der Waals surface area contributed by atoms with Crippen LogP contribution >= 0.6 is 0 Å².